The van der Waals surface area contributed by atoms with E-state index in [4.69, 9.17) is 11.6 Å². The van der Waals surface area contributed by atoms with Crippen LogP contribution in [0.1, 0.15) is 19.4 Å². The summed E-state index contributed by atoms with van der Waals surface area (Å²) in [4.78, 5) is 0. The molecule has 1 aromatic rings. The highest BCUT2D eigenvalue weighted by Gasteiger charge is 2.13. The van der Waals surface area contributed by atoms with Gasteiger partial charge in [-0.05, 0) is 17.5 Å². The van der Waals surface area contributed by atoms with Crippen molar-refractivity contribution >= 4 is 11.6 Å². The fourth-order valence-electron chi connectivity index (χ4n) is 1.17. The minimum absolute atomic E-state index is 0.118. The van der Waals surface area contributed by atoms with Gasteiger partial charge in [0.15, 0.2) is 0 Å². The topological polar surface area (TPSA) is 20.2 Å². The molecule has 0 bridgehead atoms. The van der Waals surface area contributed by atoms with E-state index in [0.29, 0.717) is 12.0 Å². The number of aliphatic hydroxyl groups excluding tert-OH is 1. The molecule has 0 fully saturated rings. The standard InChI is InChI=1S/C11H14ClFO/c1-7(2)10(14)6-8-4-3-5-9(13)11(8)12/h3-5,7,10,14H,6H2,1-2H3. The van der Waals surface area contributed by atoms with E-state index in [2.05, 4.69) is 0 Å². The summed E-state index contributed by atoms with van der Waals surface area (Å²) in [5.74, 6) is -0.283. The summed E-state index contributed by atoms with van der Waals surface area (Å²) in [6.45, 7) is 3.83. The van der Waals surface area contributed by atoms with E-state index in [-0.39, 0.29) is 10.9 Å². The third kappa shape index (κ3) is 2.69. The van der Waals surface area contributed by atoms with Crippen molar-refractivity contribution in [3.8, 4) is 0 Å². The van der Waals surface area contributed by atoms with Gasteiger partial charge in [-0.25, -0.2) is 4.39 Å². The van der Waals surface area contributed by atoms with Crippen LogP contribution in [0, 0.1) is 11.7 Å². The van der Waals surface area contributed by atoms with Crippen LogP contribution in [-0.4, -0.2) is 11.2 Å². The fourth-order valence-corrected chi connectivity index (χ4v) is 1.37. The summed E-state index contributed by atoms with van der Waals surface area (Å²) in [6, 6.07) is 4.65. The Hall–Kier alpha value is -0.600. The SMILES string of the molecule is CC(C)C(O)Cc1cccc(F)c1Cl. The molecule has 14 heavy (non-hydrogen) atoms. The molecule has 1 N–H and O–H groups in total. The van der Waals surface area contributed by atoms with Gasteiger partial charge in [-0.1, -0.05) is 37.6 Å². The third-order valence-electron chi connectivity index (χ3n) is 2.23. The van der Waals surface area contributed by atoms with Crippen LogP contribution in [-0.2, 0) is 6.42 Å². The highest BCUT2D eigenvalue weighted by atomic mass is 35.5. The van der Waals surface area contributed by atoms with E-state index in [1.807, 2.05) is 13.8 Å². The molecular weight excluding hydrogens is 203 g/mol. The fraction of sp³-hybridized carbons (Fsp3) is 0.455. The predicted octanol–water partition coefficient (Wildman–Crippen LogP) is 3.04. The number of hydrogen-bond acceptors (Lipinski definition) is 1. The maximum absolute atomic E-state index is 13.0. The second kappa shape index (κ2) is 4.76. The highest BCUT2D eigenvalue weighted by Crippen LogP contribution is 2.22. The van der Waals surface area contributed by atoms with Crippen LogP contribution in [0.5, 0.6) is 0 Å². The maximum Gasteiger partial charge on any atom is 0.142 e. The van der Waals surface area contributed by atoms with Crippen LogP contribution in [0.25, 0.3) is 0 Å². The molecule has 0 radical (unpaired) electrons. The van der Waals surface area contributed by atoms with Gasteiger partial charge in [0, 0.05) is 6.42 Å². The third-order valence-corrected chi connectivity index (χ3v) is 2.65. The highest BCUT2D eigenvalue weighted by molar-refractivity contribution is 6.31. The van der Waals surface area contributed by atoms with Crippen LogP contribution in [0.4, 0.5) is 4.39 Å². The Kier molecular flexibility index (Phi) is 3.90. The quantitative estimate of drug-likeness (QED) is 0.824. The molecule has 1 aromatic carbocycles. The first kappa shape index (κ1) is 11.5. The lowest BCUT2D eigenvalue weighted by molar-refractivity contribution is 0.125. The lowest BCUT2D eigenvalue weighted by atomic mass is 9.99. The van der Waals surface area contributed by atoms with Crippen LogP contribution >= 0.6 is 11.6 Å². The van der Waals surface area contributed by atoms with Crippen LogP contribution in [0.15, 0.2) is 18.2 Å². The van der Waals surface area contributed by atoms with Crippen LogP contribution in [0.2, 0.25) is 5.02 Å². The average molecular weight is 217 g/mol. The molecule has 3 heteroatoms. The van der Waals surface area contributed by atoms with Crippen molar-refractivity contribution in [2.24, 2.45) is 5.92 Å². The molecule has 0 aliphatic rings. The zero-order valence-electron chi connectivity index (χ0n) is 8.30. The van der Waals surface area contributed by atoms with Crippen molar-refractivity contribution in [2.75, 3.05) is 0 Å². The molecule has 78 valence electrons. The van der Waals surface area contributed by atoms with Gasteiger partial charge in [-0.3, -0.25) is 0 Å². The number of hydrogen-bond donors (Lipinski definition) is 1. The molecule has 0 heterocycles. The minimum Gasteiger partial charge on any atom is -0.393 e. The van der Waals surface area contributed by atoms with Gasteiger partial charge in [0.1, 0.15) is 5.82 Å². The molecule has 0 saturated carbocycles. The Morgan fingerprint density at radius 3 is 2.64 bits per heavy atom. The zero-order chi connectivity index (χ0) is 10.7. The molecule has 1 unspecified atom stereocenters. The second-order valence-corrected chi connectivity index (χ2v) is 4.11. The molecule has 0 saturated heterocycles. The monoisotopic (exact) mass is 216 g/mol. The normalized spacial score (nSPS) is 13.3. The maximum atomic E-state index is 13.0. The number of benzene rings is 1. The molecule has 0 aliphatic heterocycles. The molecule has 1 nitrogen and oxygen atoms in total. The molecule has 1 rings (SSSR count). The minimum atomic E-state index is -0.478. The zero-order valence-corrected chi connectivity index (χ0v) is 9.05. The van der Waals surface area contributed by atoms with Crippen molar-refractivity contribution in [1.29, 1.82) is 0 Å². The Morgan fingerprint density at radius 2 is 2.07 bits per heavy atom. The van der Waals surface area contributed by atoms with Crippen molar-refractivity contribution in [2.45, 2.75) is 26.4 Å². The van der Waals surface area contributed by atoms with Gasteiger partial charge in [-0.15, -0.1) is 0 Å². The number of rotatable bonds is 3. The Bertz CT molecular complexity index is 312. The van der Waals surface area contributed by atoms with E-state index in [1.54, 1.807) is 12.1 Å². The van der Waals surface area contributed by atoms with E-state index in [9.17, 15) is 9.50 Å². The molecule has 1 atom stereocenters. The number of aliphatic hydroxyl groups is 1. The first-order valence-corrected chi connectivity index (χ1v) is 5.01. The summed E-state index contributed by atoms with van der Waals surface area (Å²) < 4.78 is 13.0. The summed E-state index contributed by atoms with van der Waals surface area (Å²) in [7, 11) is 0. The average Bonchev–Trinajstić information content (AvgIpc) is 2.12. The lowest BCUT2D eigenvalue weighted by Gasteiger charge is -2.15. The van der Waals surface area contributed by atoms with E-state index >= 15 is 0 Å². The van der Waals surface area contributed by atoms with Gasteiger partial charge in [0.25, 0.3) is 0 Å². The molecule has 0 amide bonds. The van der Waals surface area contributed by atoms with E-state index in [0.717, 1.165) is 0 Å². The first-order chi connectivity index (χ1) is 6.52. The molecule has 0 spiro atoms. The van der Waals surface area contributed by atoms with Crippen molar-refractivity contribution in [3.05, 3.63) is 34.6 Å². The largest absolute Gasteiger partial charge is 0.393 e. The second-order valence-electron chi connectivity index (χ2n) is 3.73. The van der Waals surface area contributed by atoms with Crippen molar-refractivity contribution < 1.29 is 9.50 Å². The van der Waals surface area contributed by atoms with Gasteiger partial charge < -0.3 is 5.11 Å². The van der Waals surface area contributed by atoms with Gasteiger partial charge in [-0.2, -0.15) is 0 Å². The van der Waals surface area contributed by atoms with Gasteiger partial charge in [0.2, 0.25) is 0 Å². The summed E-state index contributed by atoms with van der Waals surface area (Å²) in [5, 5.41) is 9.73. The van der Waals surface area contributed by atoms with E-state index in [1.165, 1.54) is 6.07 Å². The summed E-state index contributed by atoms with van der Waals surface area (Å²) >= 11 is 5.76. The first-order valence-electron chi connectivity index (χ1n) is 4.63. The Morgan fingerprint density at radius 1 is 1.43 bits per heavy atom. The van der Waals surface area contributed by atoms with Gasteiger partial charge >= 0.3 is 0 Å². The lowest BCUT2D eigenvalue weighted by Crippen LogP contribution is -2.17. The Labute approximate surface area is 88.5 Å². The van der Waals surface area contributed by atoms with Crippen molar-refractivity contribution in [3.63, 3.8) is 0 Å². The van der Waals surface area contributed by atoms with Gasteiger partial charge in [0.05, 0.1) is 11.1 Å². The molecule has 0 aliphatic carbocycles. The molecular formula is C11H14ClFO. The van der Waals surface area contributed by atoms with Crippen LogP contribution < -0.4 is 0 Å². The Balaban J connectivity index is 2.82. The van der Waals surface area contributed by atoms with Crippen LogP contribution in [0.3, 0.4) is 0 Å². The summed E-state index contributed by atoms with van der Waals surface area (Å²) in [5.41, 5.74) is 0.660. The van der Waals surface area contributed by atoms with E-state index < -0.39 is 11.9 Å². The predicted molar refractivity (Wildman–Crippen MR) is 56.0 cm³/mol. The summed E-state index contributed by atoms with van der Waals surface area (Å²) in [6.07, 6.45) is -0.0804. The number of halogens is 2. The van der Waals surface area contributed by atoms with Crippen molar-refractivity contribution in [1.82, 2.24) is 0 Å². The molecule has 0 aromatic heterocycles. The smallest absolute Gasteiger partial charge is 0.142 e.